The number of ether oxygens (including phenoxy) is 1. The molecule has 3 amide bonds. The highest BCUT2D eigenvalue weighted by Gasteiger charge is 2.47. The van der Waals surface area contributed by atoms with E-state index in [-0.39, 0.29) is 35.3 Å². The second-order valence-corrected chi connectivity index (χ2v) is 10.4. The monoisotopic (exact) mass is 496 g/mol. The van der Waals surface area contributed by atoms with E-state index in [1.165, 1.54) is 18.2 Å². The number of esters is 1. The van der Waals surface area contributed by atoms with Gasteiger partial charge in [0.25, 0.3) is 17.7 Å². The number of benzene rings is 2. The number of imide groups is 1. The number of fused-ring (bicyclic) bond motifs is 1. The summed E-state index contributed by atoms with van der Waals surface area (Å²) in [6.07, 6.45) is 0.447. The van der Waals surface area contributed by atoms with Crippen molar-refractivity contribution in [2.75, 3.05) is 11.5 Å². The van der Waals surface area contributed by atoms with E-state index < -0.39 is 41.4 Å². The van der Waals surface area contributed by atoms with Gasteiger partial charge >= 0.3 is 5.97 Å². The number of hydrogen-bond acceptors (Lipinski definition) is 6. The van der Waals surface area contributed by atoms with Crippen molar-refractivity contribution in [2.45, 2.75) is 51.6 Å². The van der Waals surface area contributed by atoms with E-state index in [0.29, 0.717) is 10.7 Å². The first-order valence-corrected chi connectivity index (χ1v) is 11.5. The minimum absolute atomic E-state index is 0.0444. The number of halogens is 1. The van der Waals surface area contributed by atoms with Gasteiger partial charge in [-0.1, -0.05) is 11.6 Å². The van der Waals surface area contributed by atoms with E-state index in [1.807, 2.05) is 0 Å². The maximum Gasteiger partial charge on any atom is 0.338 e. The lowest BCUT2D eigenvalue weighted by atomic mass is 9.79. The Morgan fingerprint density at radius 2 is 1.46 bits per heavy atom. The molecule has 0 spiro atoms. The zero-order valence-corrected chi connectivity index (χ0v) is 20.6. The predicted molar refractivity (Wildman–Crippen MR) is 129 cm³/mol. The van der Waals surface area contributed by atoms with Gasteiger partial charge < -0.3 is 9.64 Å². The van der Waals surface area contributed by atoms with Crippen molar-refractivity contribution >= 4 is 46.8 Å². The van der Waals surface area contributed by atoms with Gasteiger partial charge in [-0.05, 0) is 70.2 Å². The number of rotatable bonds is 4. The van der Waals surface area contributed by atoms with Crippen molar-refractivity contribution < 1.29 is 28.7 Å². The molecule has 0 N–H and O–H groups in total. The lowest BCUT2D eigenvalue weighted by Gasteiger charge is -2.51. The quantitative estimate of drug-likeness (QED) is 0.467. The fourth-order valence-corrected chi connectivity index (χ4v) is 5.27. The van der Waals surface area contributed by atoms with Crippen molar-refractivity contribution in [3.8, 4) is 0 Å². The molecule has 2 aromatic carbocycles. The average Bonchev–Trinajstić information content (AvgIpc) is 3.00. The predicted octanol–water partition coefficient (Wildman–Crippen LogP) is 4.05. The summed E-state index contributed by atoms with van der Waals surface area (Å²) in [5.74, 6) is -2.21. The molecule has 2 aliphatic rings. The van der Waals surface area contributed by atoms with Crippen LogP contribution in [0.3, 0.4) is 0 Å². The van der Waals surface area contributed by atoms with E-state index in [2.05, 4.69) is 0 Å². The Morgan fingerprint density at radius 3 is 2.06 bits per heavy atom. The standard InChI is InChI=1S/C26H25ClN2O6/c1-25(2)12-18(30)13-26(3,4)29(25)21(31)14-35-24(34)15-5-10-19-20(11-15)23(33)28(22(19)32)17-8-6-16(27)7-9-17/h5-11H,12-14H2,1-4H3. The van der Waals surface area contributed by atoms with Crippen molar-refractivity contribution in [3.05, 3.63) is 64.2 Å². The number of carbonyl (C=O) groups excluding carboxylic acids is 5. The number of nitrogens with zero attached hydrogens (tertiary/aromatic N) is 2. The lowest BCUT2D eigenvalue weighted by Crippen LogP contribution is -2.63. The molecule has 1 saturated heterocycles. The second-order valence-electron chi connectivity index (χ2n) is 10.0. The molecule has 2 heterocycles. The van der Waals surface area contributed by atoms with E-state index in [9.17, 15) is 24.0 Å². The van der Waals surface area contributed by atoms with Gasteiger partial charge in [-0.15, -0.1) is 0 Å². The Hall–Kier alpha value is -3.52. The molecular weight excluding hydrogens is 472 g/mol. The lowest BCUT2D eigenvalue weighted by molar-refractivity contribution is -0.156. The zero-order valence-electron chi connectivity index (χ0n) is 19.9. The van der Waals surface area contributed by atoms with Crippen LogP contribution in [-0.2, 0) is 14.3 Å². The summed E-state index contributed by atoms with van der Waals surface area (Å²) in [5.41, 5.74) is -0.785. The molecule has 0 saturated carbocycles. The van der Waals surface area contributed by atoms with Crippen LogP contribution in [0.5, 0.6) is 0 Å². The number of amides is 3. The number of hydrogen-bond donors (Lipinski definition) is 0. The fraction of sp³-hybridized carbons (Fsp3) is 0.346. The van der Waals surface area contributed by atoms with Crippen LogP contribution in [0.15, 0.2) is 42.5 Å². The first-order chi connectivity index (χ1) is 16.3. The molecule has 0 bridgehead atoms. The Bertz CT molecular complexity index is 1250. The number of piperidine rings is 1. The third-order valence-corrected chi connectivity index (χ3v) is 6.51. The summed E-state index contributed by atoms with van der Waals surface area (Å²) >= 11 is 5.89. The molecule has 182 valence electrons. The van der Waals surface area contributed by atoms with Gasteiger partial charge in [-0.25, -0.2) is 9.69 Å². The fourth-order valence-electron chi connectivity index (χ4n) is 5.15. The smallest absolute Gasteiger partial charge is 0.338 e. The summed E-state index contributed by atoms with van der Waals surface area (Å²) in [7, 11) is 0. The normalized spacial score (nSPS) is 18.5. The van der Waals surface area contributed by atoms with Crippen LogP contribution in [-0.4, -0.2) is 52.1 Å². The topological polar surface area (TPSA) is 101 Å². The Balaban J connectivity index is 1.49. The number of Topliss-reactive ketones (excluding diaryl/α,β-unsaturated/α-hetero) is 1. The largest absolute Gasteiger partial charge is 0.452 e. The molecular formula is C26H25ClN2O6. The third kappa shape index (κ3) is 4.46. The maximum absolute atomic E-state index is 13.0. The van der Waals surface area contributed by atoms with Gasteiger partial charge in [0.05, 0.1) is 22.4 Å². The summed E-state index contributed by atoms with van der Waals surface area (Å²) in [5, 5.41) is 0.466. The molecule has 2 aromatic rings. The van der Waals surface area contributed by atoms with Crippen LogP contribution in [0.25, 0.3) is 0 Å². The van der Waals surface area contributed by atoms with Crippen molar-refractivity contribution in [3.63, 3.8) is 0 Å². The van der Waals surface area contributed by atoms with Gasteiger partial charge in [0.2, 0.25) is 0 Å². The van der Waals surface area contributed by atoms with E-state index >= 15 is 0 Å². The van der Waals surface area contributed by atoms with E-state index in [1.54, 1.807) is 56.9 Å². The van der Waals surface area contributed by atoms with Gasteiger partial charge in [0.15, 0.2) is 6.61 Å². The van der Waals surface area contributed by atoms with Crippen LogP contribution in [0, 0.1) is 0 Å². The molecule has 0 aromatic heterocycles. The molecule has 0 radical (unpaired) electrons. The number of anilines is 1. The minimum atomic E-state index is -0.796. The average molecular weight is 497 g/mol. The second kappa shape index (κ2) is 8.61. The number of ketones is 1. The SMILES string of the molecule is CC1(C)CC(=O)CC(C)(C)N1C(=O)COC(=O)c1ccc2c(c1)C(=O)N(c1ccc(Cl)cc1)C2=O. The Morgan fingerprint density at radius 1 is 0.886 bits per heavy atom. The van der Waals surface area contributed by atoms with Crippen LogP contribution in [0.2, 0.25) is 5.02 Å². The van der Waals surface area contributed by atoms with E-state index in [4.69, 9.17) is 16.3 Å². The van der Waals surface area contributed by atoms with Crippen LogP contribution < -0.4 is 4.90 Å². The summed E-state index contributed by atoms with van der Waals surface area (Å²) in [6.45, 7) is 6.71. The molecule has 0 unspecified atom stereocenters. The van der Waals surface area contributed by atoms with Crippen molar-refractivity contribution in [1.82, 2.24) is 4.90 Å². The van der Waals surface area contributed by atoms with Gasteiger partial charge in [0, 0.05) is 28.9 Å². The molecule has 2 aliphatic heterocycles. The molecule has 4 rings (SSSR count). The molecule has 0 aliphatic carbocycles. The maximum atomic E-state index is 13.0. The summed E-state index contributed by atoms with van der Waals surface area (Å²) < 4.78 is 5.26. The molecule has 1 fully saturated rings. The number of carbonyl (C=O) groups is 5. The summed E-state index contributed by atoms with van der Waals surface area (Å²) in [4.78, 5) is 66.2. The zero-order chi connectivity index (χ0) is 25.7. The van der Waals surface area contributed by atoms with Crippen LogP contribution in [0.4, 0.5) is 5.69 Å². The summed E-state index contributed by atoms with van der Waals surface area (Å²) in [6, 6.07) is 10.3. The first kappa shape index (κ1) is 24.6. The number of likely N-dealkylation sites (tertiary alicyclic amines) is 1. The Labute approximate surface area is 207 Å². The van der Waals surface area contributed by atoms with Crippen molar-refractivity contribution in [1.29, 1.82) is 0 Å². The minimum Gasteiger partial charge on any atom is -0.452 e. The highest BCUT2D eigenvalue weighted by Crippen LogP contribution is 2.36. The van der Waals surface area contributed by atoms with E-state index in [0.717, 1.165) is 4.90 Å². The third-order valence-electron chi connectivity index (χ3n) is 6.25. The highest BCUT2D eigenvalue weighted by molar-refractivity contribution is 6.35. The Kier molecular flexibility index (Phi) is 6.05. The van der Waals surface area contributed by atoms with Crippen molar-refractivity contribution in [2.24, 2.45) is 0 Å². The van der Waals surface area contributed by atoms with Crippen LogP contribution >= 0.6 is 11.6 Å². The molecule has 8 nitrogen and oxygen atoms in total. The van der Waals surface area contributed by atoms with Gasteiger partial charge in [-0.2, -0.15) is 0 Å². The van der Waals surface area contributed by atoms with Gasteiger partial charge in [0.1, 0.15) is 5.78 Å². The first-order valence-electron chi connectivity index (χ1n) is 11.1. The van der Waals surface area contributed by atoms with Gasteiger partial charge in [-0.3, -0.25) is 19.2 Å². The highest BCUT2D eigenvalue weighted by atomic mass is 35.5. The molecule has 35 heavy (non-hydrogen) atoms. The van der Waals surface area contributed by atoms with Crippen LogP contribution in [0.1, 0.15) is 71.6 Å². The molecule has 9 heteroatoms. The molecule has 0 atom stereocenters.